The van der Waals surface area contributed by atoms with Gasteiger partial charge in [-0.25, -0.2) is 0 Å². The third kappa shape index (κ3) is 2.07. The molecule has 2 N–H and O–H groups in total. The van der Waals surface area contributed by atoms with Crippen molar-refractivity contribution in [3.8, 4) is 0 Å². The lowest BCUT2D eigenvalue weighted by atomic mass is 10.1. The number of piperazine rings is 1. The van der Waals surface area contributed by atoms with Gasteiger partial charge in [0.15, 0.2) is 0 Å². The third-order valence-corrected chi connectivity index (χ3v) is 3.24. The average molecular weight is 197 g/mol. The van der Waals surface area contributed by atoms with Crippen LogP contribution in [0.25, 0.3) is 0 Å². The van der Waals surface area contributed by atoms with E-state index in [2.05, 4.69) is 15.5 Å². The van der Waals surface area contributed by atoms with E-state index in [1.807, 2.05) is 6.92 Å². The molecule has 2 aliphatic rings. The van der Waals surface area contributed by atoms with E-state index < -0.39 is 0 Å². The van der Waals surface area contributed by atoms with Crippen LogP contribution < -0.4 is 10.6 Å². The number of nitrogens with zero attached hydrogens (tertiary/aromatic N) is 1. The van der Waals surface area contributed by atoms with Gasteiger partial charge in [0.25, 0.3) is 0 Å². The van der Waals surface area contributed by atoms with Crippen LogP contribution in [0.2, 0.25) is 0 Å². The van der Waals surface area contributed by atoms with E-state index in [1.165, 1.54) is 12.8 Å². The summed E-state index contributed by atoms with van der Waals surface area (Å²) < 4.78 is 0. The van der Waals surface area contributed by atoms with Gasteiger partial charge in [-0.3, -0.25) is 9.69 Å². The molecule has 2 heterocycles. The minimum atomic E-state index is 0.0474. The van der Waals surface area contributed by atoms with Gasteiger partial charge in [-0.1, -0.05) is 0 Å². The molecule has 0 aliphatic carbocycles. The highest BCUT2D eigenvalue weighted by atomic mass is 16.2. The highest BCUT2D eigenvalue weighted by Gasteiger charge is 2.27. The fraction of sp³-hybridized carbons (Fsp3) is 0.900. The number of hydrogen-bond acceptors (Lipinski definition) is 3. The first kappa shape index (κ1) is 9.93. The van der Waals surface area contributed by atoms with Gasteiger partial charge in [0.05, 0.1) is 6.04 Å². The number of rotatable bonds is 2. The maximum absolute atomic E-state index is 11.4. The monoisotopic (exact) mass is 197 g/mol. The lowest BCUT2D eigenvalue weighted by molar-refractivity contribution is -0.128. The predicted octanol–water partition coefficient (Wildman–Crippen LogP) is -0.441. The van der Waals surface area contributed by atoms with Crippen molar-refractivity contribution in [2.45, 2.75) is 31.8 Å². The Bertz CT molecular complexity index is 213. The zero-order chi connectivity index (χ0) is 9.97. The predicted molar refractivity (Wildman–Crippen MR) is 55.1 cm³/mol. The number of nitrogens with one attached hydrogen (secondary N) is 2. The normalized spacial score (nSPS) is 34.5. The Balaban J connectivity index is 1.86. The summed E-state index contributed by atoms with van der Waals surface area (Å²) >= 11 is 0. The van der Waals surface area contributed by atoms with Crippen molar-refractivity contribution >= 4 is 5.91 Å². The number of carbonyl (C=O) groups excluding carboxylic acids is 1. The molecule has 0 saturated carbocycles. The van der Waals surface area contributed by atoms with Gasteiger partial charge in [-0.15, -0.1) is 0 Å². The van der Waals surface area contributed by atoms with Crippen molar-refractivity contribution in [3.05, 3.63) is 0 Å². The van der Waals surface area contributed by atoms with Gasteiger partial charge in [0.1, 0.15) is 0 Å². The summed E-state index contributed by atoms with van der Waals surface area (Å²) in [5.74, 6) is 0.175. The molecule has 0 radical (unpaired) electrons. The van der Waals surface area contributed by atoms with Crippen LogP contribution in [0.4, 0.5) is 0 Å². The van der Waals surface area contributed by atoms with E-state index in [1.54, 1.807) is 0 Å². The molecular weight excluding hydrogens is 178 g/mol. The molecule has 14 heavy (non-hydrogen) atoms. The van der Waals surface area contributed by atoms with Crippen molar-refractivity contribution in [2.24, 2.45) is 0 Å². The first-order valence-electron chi connectivity index (χ1n) is 5.52. The maximum atomic E-state index is 11.4. The van der Waals surface area contributed by atoms with Crippen molar-refractivity contribution in [1.29, 1.82) is 0 Å². The molecule has 0 aromatic rings. The average Bonchev–Trinajstić information content (AvgIpc) is 2.66. The van der Waals surface area contributed by atoms with Crippen molar-refractivity contribution in [1.82, 2.24) is 15.5 Å². The van der Waals surface area contributed by atoms with E-state index in [0.717, 1.165) is 26.2 Å². The van der Waals surface area contributed by atoms with E-state index >= 15 is 0 Å². The smallest absolute Gasteiger partial charge is 0.237 e. The lowest BCUT2D eigenvalue weighted by Gasteiger charge is -2.34. The second-order valence-electron chi connectivity index (χ2n) is 4.26. The van der Waals surface area contributed by atoms with Crippen molar-refractivity contribution < 1.29 is 4.79 Å². The lowest BCUT2D eigenvalue weighted by Crippen LogP contribution is -2.56. The Labute approximate surface area is 85.0 Å². The Kier molecular flexibility index (Phi) is 3.03. The molecule has 4 nitrogen and oxygen atoms in total. The Morgan fingerprint density at radius 2 is 2.36 bits per heavy atom. The molecule has 0 bridgehead atoms. The van der Waals surface area contributed by atoms with Crippen LogP contribution in [0.5, 0.6) is 0 Å². The van der Waals surface area contributed by atoms with Crippen LogP contribution in [0.15, 0.2) is 0 Å². The van der Waals surface area contributed by atoms with Gasteiger partial charge in [0.2, 0.25) is 5.91 Å². The molecule has 4 heteroatoms. The molecule has 2 fully saturated rings. The molecule has 2 aliphatic heterocycles. The van der Waals surface area contributed by atoms with Crippen LogP contribution in [-0.4, -0.2) is 49.1 Å². The molecule has 0 aromatic heterocycles. The molecule has 0 aromatic carbocycles. The summed E-state index contributed by atoms with van der Waals surface area (Å²) in [6.07, 6.45) is 2.53. The zero-order valence-corrected chi connectivity index (χ0v) is 8.75. The van der Waals surface area contributed by atoms with Crippen molar-refractivity contribution in [2.75, 3.05) is 26.2 Å². The van der Waals surface area contributed by atoms with E-state index in [4.69, 9.17) is 0 Å². The second kappa shape index (κ2) is 4.28. The minimum Gasteiger partial charge on any atom is -0.353 e. The largest absolute Gasteiger partial charge is 0.353 e. The summed E-state index contributed by atoms with van der Waals surface area (Å²) in [4.78, 5) is 13.7. The number of hydrogen-bond donors (Lipinski definition) is 2. The molecule has 0 spiro atoms. The topological polar surface area (TPSA) is 44.4 Å². The summed E-state index contributed by atoms with van der Waals surface area (Å²) in [7, 11) is 0. The highest BCUT2D eigenvalue weighted by Crippen LogP contribution is 2.10. The van der Waals surface area contributed by atoms with Crippen LogP contribution >= 0.6 is 0 Å². The second-order valence-corrected chi connectivity index (χ2v) is 4.26. The van der Waals surface area contributed by atoms with Gasteiger partial charge in [-0.05, 0) is 26.3 Å². The molecule has 1 amide bonds. The SMILES string of the molecule is CC1C(=O)NCCN1CC1CCCN1. The van der Waals surface area contributed by atoms with Gasteiger partial charge < -0.3 is 10.6 Å². The van der Waals surface area contributed by atoms with Gasteiger partial charge in [0, 0.05) is 25.7 Å². The maximum Gasteiger partial charge on any atom is 0.237 e. The zero-order valence-electron chi connectivity index (χ0n) is 8.75. The molecular formula is C10H19N3O. The summed E-state index contributed by atoms with van der Waals surface area (Å²) in [6.45, 7) is 5.94. The molecule has 2 saturated heterocycles. The van der Waals surface area contributed by atoms with Crippen molar-refractivity contribution in [3.63, 3.8) is 0 Å². The van der Waals surface area contributed by atoms with Crippen LogP contribution in [0.1, 0.15) is 19.8 Å². The molecule has 2 rings (SSSR count). The fourth-order valence-corrected chi connectivity index (χ4v) is 2.27. The number of carbonyl (C=O) groups is 1. The highest BCUT2D eigenvalue weighted by molar-refractivity contribution is 5.81. The molecule has 80 valence electrons. The first-order chi connectivity index (χ1) is 6.77. The van der Waals surface area contributed by atoms with E-state index in [9.17, 15) is 4.79 Å². The van der Waals surface area contributed by atoms with E-state index in [0.29, 0.717) is 6.04 Å². The summed E-state index contributed by atoms with van der Waals surface area (Å²) in [5.41, 5.74) is 0. The third-order valence-electron chi connectivity index (χ3n) is 3.24. The van der Waals surface area contributed by atoms with Gasteiger partial charge >= 0.3 is 0 Å². The minimum absolute atomic E-state index is 0.0474. The molecule has 2 atom stereocenters. The van der Waals surface area contributed by atoms with E-state index in [-0.39, 0.29) is 11.9 Å². The van der Waals surface area contributed by atoms with Crippen LogP contribution in [-0.2, 0) is 4.79 Å². The summed E-state index contributed by atoms with van der Waals surface area (Å²) in [6, 6.07) is 0.648. The first-order valence-corrected chi connectivity index (χ1v) is 5.52. The Hall–Kier alpha value is -0.610. The summed E-state index contributed by atoms with van der Waals surface area (Å²) in [5, 5.41) is 6.35. The van der Waals surface area contributed by atoms with Crippen LogP contribution in [0.3, 0.4) is 0 Å². The quantitative estimate of drug-likeness (QED) is 0.631. The fourth-order valence-electron chi connectivity index (χ4n) is 2.27. The van der Waals surface area contributed by atoms with Crippen LogP contribution in [0, 0.1) is 0 Å². The Morgan fingerprint density at radius 3 is 3.07 bits per heavy atom. The Morgan fingerprint density at radius 1 is 1.50 bits per heavy atom. The van der Waals surface area contributed by atoms with Gasteiger partial charge in [-0.2, -0.15) is 0 Å². The standard InChI is InChI=1S/C10H19N3O/c1-8-10(14)12-5-6-13(8)7-9-3-2-4-11-9/h8-9,11H,2-7H2,1H3,(H,12,14). The number of amides is 1. The molecule has 2 unspecified atom stereocenters.